The molecule has 0 spiro atoms. The van der Waals surface area contributed by atoms with Gasteiger partial charge in [-0.2, -0.15) is 11.8 Å². The molecule has 2 atom stereocenters. The second kappa shape index (κ2) is 6.25. The Morgan fingerprint density at radius 3 is 2.67 bits per heavy atom. The van der Waals surface area contributed by atoms with Crippen LogP contribution in [0.4, 0.5) is 0 Å². The van der Waals surface area contributed by atoms with Gasteiger partial charge in [-0.15, -0.1) is 0 Å². The van der Waals surface area contributed by atoms with Gasteiger partial charge in [0.1, 0.15) is 0 Å². The van der Waals surface area contributed by atoms with Crippen molar-refractivity contribution in [1.29, 1.82) is 0 Å². The fourth-order valence-electron chi connectivity index (χ4n) is 2.17. The third-order valence-electron chi connectivity index (χ3n) is 3.39. The molecule has 1 aromatic rings. The molecule has 1 aromatic carbocycles. The van der Waals surface area contributed by atoms with Crippen LogP contribution in [0.3, 0.4) is 0 Å². The molecule has 18 heavy (non-hydrogen) atoms. The molecule has 0 aliphatic carbocycles. The summed E-state index contributed by atoms with van der Waals surface area (Å²) in [6, 6.07) is 8.41. The summed E-state index contributed by atoms with van der Waals surface area (Å²) in [6.45, 7) is 3.16. The molecular formula is C14H20N2OS. The Hall–Kier alpha value is -1.00. The molecule has 3 nitrogen and oxygen atoms in total. The van der Waals surface area contributed by atoms with Gasteiger partial charge >= 0.3 is 0 Å². The summed E-state index contributed by atoms with van der Waals surface area (Å²) in [6.07, 6.45) is 1.25. The van der Waals surface area contributed by atoms with E-state index in [-0.39, 0.29) is 5.91 Å². The second-order valence-electron chi connectivity index (χ2n) is 4.63. The van der Waals surface area contributed by atoms with E-state index in [2.05, 4.69) is 17.6 Å². The summed E-state index contributed by atoms with van der Waals surface area (Å²) in [5.74, 6) is 1.23. The van der Waals surface area contributed by atoms with Crippen molar-refractivity contribution in [3.05, 3.63) is 35.4 Å². The largest absolute Gasteiger partial charge is 0.355 e. The van der Waals surface area contributed by atoms with Gasteiger partial charge in [0.15, 0.2) is 0 Å². The lowest BCUT2D eigenvalue weighted by atomic mass is 10.1. The van der Waals surface area contributed by atoms with Gasteiger partial charge in [-0.1, -0.05) is 19.1 Å². The maximum atomic E-state index is 11.4. The molecule has 1 saturated heterocycles. The number of amides is 1. The van der Waals surface area contributed by atoms with Gasteiger partial charge in [-0.3, -0.25) is 4.79 Å². The highest BCUT2D eigenvalue weighted by molar-refractivity contribution is 8.00. The summed E-state index contributed by atoms with van der Waals surface area (Å²) in [5, 5.41) is 6.92. The van der Waals surface area contributed by atoms with Gasteiger partial charge in [0.25, 0.3) is 5.91 Å². The maximum absolute atomic E-state index is 11.4. The minimum absolute atomic E-state index is 0.0321. The van der Waals surface area contributed by atoms with Crippen LogP contribution in [0, 0.1) is 0 Å². The van der Waals surface area contributed by atoms with Crippen molar-refractivity contribution in [1.82, 2.24) is 10.6 Å². The number of carbonyl (C=O) groups is 1. The van der Waals surface area contributed by atoms with E-state index in [0.717, 1.165) is 6.54 Å². The molecule has 2 rings (SSSR count). The lowest BCUT2D eigenvalue weighted by Crippen LogP contribution is -2.32. The summed E-state index contributed by atoms with van der Waals surface area (Å²) in [5.41, 5.74) is 1.94. The zero-order valence-corrected chi connectivity index (χ0v) is 11.7. The summed E-state index contributed by atoms with van der Waals surface area (Å²) < 4.78 is 0. The number of hydrogen-bond donors (Lipinski definition) is 2. The van der Waals surface area contributed by atoms with E-state index >= 15 is 0 Å². The van der Waals surface area contributed by atoms with Crippen LogP contribution in [0.1, 0.15) is 29.3 Å². The van der Waals surface area contributed by atoms with Gasteiger partial charge in [0.05, 0.1) is 0 Å². The van der Waals surface area contributed by atoms with Gasteiger partial charge in [-0.05, 0) is 29.9 Å². The lowest BCUT2D eigenvalue weighted by Gasteiger charge is -2.16. The van der Waals surface area contributed by atoms with Gasteiger partial charge < -0.3 is 10.6 Å². The highest BCUT2D eigenvalue weighted by Gasteiger charge is 2.22. The molecule has 1 aliphatic rings. The number of hydrogen-bond acceptors (Lipinski definition) is 3. The number of rotatable bonds is 4. The van der Waals surface area contributed by atoms with Crippen LogP contribution < -0.4 is 10.6 Å². The van der Waals surface area contributed by atoms with Crippen LogP contribution in [0.2, 0.25) is 0 Å². The molecule has 0 aromatic heterocycles. The molecule has 2 unspecified atom stereocenters. The quantitative estimate of drug-likeness (QED) is 0.874. The van der Waals surface area contributed by atoms with Gasteiger partial charge in [0, 0.05) is 30.4 Å². The molecular weight excluding hydrogens is 244 g/mol. The predicted octanol–water partition coefficient (Wildman–Crippen LogP) is 2.03. The van der Waals surface area contributed by atoms with Crippen LogP contribution in [0.15, 0.2) is 24.3 Å². The van der Waals surface area contributed by atoms with Gasteiger partial charge in [-0.25, -0.2) is 0 Å². The number of nitrogens with one attached hydrogen (secondary N) is 2. The van der Waals surface area contributed by atoms with Crippen molar-refractivity contribution in [2.45, 2.75) is 31.2 Å². The van der Waals surface area contributed by atoms with Gasteiger partial charge in [0.2, 0.25) is 0 Å². The first-order chi connectivity index (χ1) is 8.70. The SMILES string of the molecule is CNC(=O)c1ccc(CNC2CCSC2C)cc1. The molecule has 0 bridgehead atoms. The Bertz CT molecular complexity index is 405. The highest BCUT2D eigenvalue weighted by atomic mass is 32.2. The van der Waals surface area contributed by atoms with E-state index < -0.39 is 0 Å². The molecule has 1 fully saturated rings. The first-order valence-electron chi connectivity index (χ1n) is 6.36. The van der Waals surface area contributed by atoms with Crippen molar-refractivity contribution in [3.8, 4) is 0 Å². The van der Waals surface area contributed by atoms with E-state index in [1.165, 1.54) is 17.7 Å². The zero-order chi connectivity index (χ0) is 13.0. The highest BCUT2D eigenvalue weighted by Crippen LogP contribution is 2.26. The first kappa shape index (κ1) is 13.4. The van der Waals surface area contributed by atoms with Crippen molar-refractivity contribution in [3.63, 3.8) is 0 Å². The Morgan fingerprint density at radius 2 is 2.11 bits per heavy atom. The van der Waals surface area contributed by atoms with Crippen molar-refractivity contribution >= 4 is 17.7 Å². The van der Waals surface area contributed by atoms with E-state index in [4.69, 9.17) is 0 Å². The van der Waals surface area contributed by atoms with Crippen LogP contribution in [-0.4, -0.2) is 30.0 Å². The molecule has 0 radical (unpaired) electrons. The Balaban J connectivity index is 1.88. The van der Waals surface area contributed by atoms with Crippen LogP contribution in [0.5, 0.6) is 0 Å². The summed E-state index contributed by atoms with van der Waals surface area (Å²) in [4.78, 5) is 11.4. The third kappa shape index (κ3) is 3.27. The third-order valence-corrected chi connectivity index (χ3v) is 4.71. The zero-order valence-electron chi connectivity index (χ0n) is 10.9. The fraction of sp³-hybridized carbons (Fsp3) is 0.500. The van der Waals surface area contributed by atoms with Crippen molar-refractivity contribution in [2.75, 3.05) is 12.8 Å². The topological polar surface area (TPSA) is 41.1 Å². The average molecular weight is 264 g/mol. The lowest BCUT2D eigenvalue weighted by molar-refractivity contribution is 0.0963. The van der Waals surface area contributed by atoms with E-state index in [9.17, 15) is 4.79 Å². The molecule has 4 heteroatoms. The predicted molar refractivity (Wildman–Crippen MR) is 77.0 cm³/mol. The minimum atomic E-state index is -0.0321. The summed E-state index contributed by atoms with van der Waals surface area (Å²) >= 11 is 2.03. The first-order valence-corrected chi connectivity index (χ1v) is 7.41. The van der Waals surface area contributed by atoms with Crippen LogP contribution >= 0.6 is 11.8 Å². The Labute approximate surface area is 113 Å². The van der Waals surface area contributed by atoms with Crippen LogP contribution in [-0.2, 0) is 6.54 Å². The molecule has 1 heterocycles. The van der Waals surface area contributed by atoms with E-state index in [1.54, 1.807) is 7.05 Å². The van der Waals surface area contributed by atoms with Crippen molar-refractivity contribution in [2.24, 2.45) is 0 Å². The monoisotopic (exact) mass is 264 g/mol. The fourth-order valence-corrected chi connectivity index (χ4v) is 3.39. The van der Waals surface area contributed by atoms with Crippen molar-refractivity contribution < 1.29 is 4.79 Å². The number of carbonyl (C=O) groups excluding carboxylic acids is 1. The average Bonchev–Trinajstić information content (AvgIpc) is 2.81. The number of benzene rings is 1. The molecule has 1 amide bonds. The Morgan fingerprint density at radius 1 is 1.39 bits per heavy atom. The van der Waals surface area contributed by atoms with E-state index in [0.29, 0.717) is 16.9 Å². The molecule has 2 N–H and O–H groups in total. The van der Waals surface area contributed by atoms with Crippen LogP contribution in [0.25, 0.3) is 0 Å². The minimum Gasteiger partial charge on any atom is -0.355 e. The summed E-state index contributed by atoms with van der Waals surface area (Å²) in [7, 11) is 1.65. The smallest absolute Gasteiger partial charge is 0.251 e. The number of thioether (sulfide) groups is 1. The Kier molecular flexibility index (Phi) is 4.66. The molecule has 98 valence electrons. The second-order valence-corrected chi connectivity index (χ2v) is 6.11. The maximum Gasteiger partial charge on any atom is 0.251 e. The molecule has 0 saturated carbocycles. The molecule has 1 aliphatic heterocycles. The standard InChI is InChI=1S/C14H20N2OS/c1-10-13(7-8-18-10)16-9-11-3-5-12(6-4-11)14(17)15-2/h3-6,10,13,16H,7-9H2,1-2H3,(H,15,17). The van der Waals surface area contributed by atoms with E-state index in [1.807, 2.05) is 36.0 Å². The normalized spacial score (nSPS) is 23.0.